The maximum atomic E-state index is 12.6. The molecule has 1 fully saturated rings. The third-order valence-electron chi connectivity index (χ3n) is 4.78. The first-order chi connectivity index (χ1) is 9.75. The van der Waals surface area contributed by atoms with E-state index in [2.05, 4.69) is 0 Å². The highest BCUT2D eigenvalue weighted by molar-refractivity contribution is 5.95. The van der Waals surface area contributed by atoms with Crippen LogP contribution in [0.2, 0.25) is 0 Å². The minimum atomic E-state index is 0. The summed E-state index contributed by atoms with van der Waals surface area (Å²) in [6.45, 7) is 0.849. The molecule has 116 valence electrons. The molecule has 2 aliphatic rings. The molecule has 1 aromatic carbocycles. The van der Waals surface area contributed by atoms with Crippen LogP contribution in [-0.2, 0) is 11.2 Å². The molecule has 2 N–H and O–H groups in total. The Balaban J connectivity index is 0.00000161. The van der Waals surface area contributed by atoms with Crippen LogP contribution >= 0.6 is 12.4 Å². The first-order valence-electron chi connectivity index (χ1n) is 7.93. The Labute approximate surface area is 133 Å². The average molecular weight is 309 g/mol. The van der Waals surface area contributed by atoms with Crippen LogP contribution in [0, 0.1) is 5.92 Å². The molecule has 1 aromatic rings. The van der Waals surface area contributed by atoms with Gasteiger partial charge in [-0.1, -0.05) is 25.3 Å². The van der Waals surface area contributed by atoms with E-state index in [4.69, 9.17) is 5.73 Å². The summed E-state index contributed by atoms with van der Waals surface area (Å²) in [5, 5.41) is 0. The van der Waals surface area contributed by atoms with Crippen LogP contribution in [0.25, 0.3) is 0 Å². The van der Waals surface area contributed by atoms with Gasteiger partial charge in [0.1, 0.15) is 0 Å². The Kier molecular flexibility index (Phi) is 5.51. The van der Waals surface area contributed by atoms with Crippen molar-refractivity contribution in [1.82, 2.24) is 0 Å². The zero-order valence-electron chi connectivity index (χ0n) is 12.5. The third-order valence-corrected chi connectivity index (χ3v) is 4.78. The lowest BCUT2D eigenvalue weighted by molar-refractivity contribution is -0.119. The predicted molar refractivity (Wildman–Crippen MR) is 90.0 cm³/mol. The van der Waals surface area contributed by atoms with E-state index in [1.807, 2.05) is 23.1 Å². The van der Waals surface area contributed by atoms with Crippen LogP contribution in [0.15, 0.2) is 18.2 Å². The lowest BCUT2D eigenvalue weighted by Gasteiger charge is -2.32. The van der Waals surface area contributed by atoms with Crippen molar-refractivity contribution in [2.45, 2.75) is 51.4 Å². The molecular formula is C17H25ClN2O. The Hall–Kier alpha value is -1.22. The number of benzene rings is 1. The molecule has 0 atom stereocenters. The number of carbonyl (C=O) groups excluding carboxylic acids is 1. The molecule has 1 aliphatic heterocycles. The number of hydrogen-bond donors (Lipinski definition) is 1. The molecule has 1 aliphatic carbocycles. The van der Waals surface area contributed by atoms with E-state index in [1.54, 1.807) is 0 Å². The molecule has 0 unspecified atom stereocenters. The second-order valence-corrected chi connectivity index (χ2v) is 6.20. The normalized spacial score (nSPS) is 18.8. The largest absolute Gasteiger partial charge is 0.398 e. The van der Waals surface area contributed by atoms with Gasteiger partial charge in [0.25, 0.3) is 0 Å². The first-order valence-corrected chi connectivity index (χ1v) is 7.93. The molecule has 0 aromatic heterocycles. The summed E-state index contributed by atoms with van der Waals surface area (Å²) in [5.74, 6) is 0.895. The minimum absolute atomic E-state index is 0. The lowest BCUT2D eigenvalue weighted by atomic mass is 9.86. The molecule has 3 nitrogen and oxygen atoms in total. The lowest BCUT2D eigenvalue weighted by Crippen LogP contribution is -2.36. The molecule has 1 amide bonds. The maximum absolute atomic E-state index is 12.6. The number of rotatable bonds is 2. The van der Waals surface area contributed by atoms with Gasteiger partial charge in [0.05, 0.1) is 0 Å². The van der Waals surface area contributed by atoms with Crippen LogP contribution in [0.5, 0.6) is 0 Å². The standard InChI is InChI=1S/C17H24N2O.ClH/c18-15-9-4-10-16-14(15)8-5-11-19(16)17(20)12-13-6-2-1-3-7-13;/h4,9-10,13H,1-3,5-8,11-12,18H2;1H. The van der Waals surface area contributed by atoms with Gasteiger partial charge in [-0.05, 0) is 49.3 Å². The number of carbonyl (C=O) groups is 1. The predicted octanol–water partition coefficient (Wildman–Crippen LogP) is 3.94. The van der Waals surface area contributed by atoms with Crippen LogP contribution in [0.4, 0.5) is 11.4 Å². The summed E-state index contributed by atoms with van der Waals surface area (Å²) in [4.78, 5) is 14.6. The highest BCUT2D eigenvalue weighted by Gasteiger charge is 2.26. The highest BCUT2D eigenvalue weighted by Crippen LogP contribution is 2.33. The third kappa shape index (κ3) is 3.52. The molecule has 1 saturated carbocycles. The van der Waals surface area contributed by atoms with Crippen molar-refractivity contribution >= 4 is 29.7 Å². The number of amides is 1. The van der Waals surface area contributed by atoms with Crippen molar-refractivity contribution < 1.29 is 4.79 Å². The summed E-state index contributed by atoms with van der Waals surface area (Å²) in [6.07, 6.45) is 9.12. The fourth-order valence-electron chi connectivity index (χ4n) is 3.66. The van der Waals surface area contributed by atoms with Crippen molar-refractivity contribution in [1.29, 1.82) is 0 Å². The number of halogens is 1. The monoisotopic (exact) mass is 308 g/mol. The molecule has 0 bridgehead atoms. The van der Waals surface area contributed by atoms with Gasteiger partial charge in [0.15, 0.2) is 0 Å². The fourth-order valence-corrected chi connectivity index (χ4v) is 3.66. The Morgan fingerprint density at radius 1 is 1.19 bits per heavy atom. The summed E-state index contributed by atoms with van der Waals surface area (Å²) in [7, 11) is 0. The van der Waals surface area contributed by atoms with E-state index in [9.17, 15) is 4.79 Å². The molecule has 3 rings (SSSR count). The van der Waals surface area contributed by atoms with Crippen molar-refractivity contribution in [2.24, 2.45) is 5.92 Å². The molecule has 21 heavy (non-hydrogen) atoms. The van der Waals surface area contributed by atoms with Gasteiger partial charge in [0.2, 0.25) is 5.91 Å². The first kappa shape index (κ1) is 16.2. The Morgan fingerprint density at radius 2 is 1.95 bits per heavy atom. The van der Waals surface area contributed by atoms with Crippen molar-refractivity contribution in [2.75, 3.05) is 17.2 Å². The summed E-state index contributed by atoms with van der Waals surface area (Å²) < 4.78 is 0. The summed E-state index contributed by atoms with van der Waals surface area (Å²) >= 11 is 0. The van der Waals surface area contributed by atoms with E-state index >= 15 is 0 Å². The topological polar surface area (TPSA) is 46.3 Å². The summed E-state index contributed by atoms with van der Waals surface area (Å²) in [6, 6.07) is 5.94. The second kappa shape index (κ2) is 7.17. The van der Waals surface area contributed by atoms with E-state index in [0.29, 0.717) is 18.2 Å². The quantitative estimate of drug-likeness (QED) is 0.841. The van der Waals surface area contributed by atoms with Gasteiger partial charge in [-0.25, -0.2) is 0 Å². The SMILES string of the molecule is Cl.Nc1cccc2c1CCCN2C(=O)CC1CCCCC1. The molecule has 4 heteroatoms. The number of nitrogen functional groups attached to an aromatic ring is 1. The fraction of sp³-hybridized carbons (Fsp3) is 0.588. The molecule has 0 saturated heterocycles. The Morgan fingerprint density at radius 3 is 2.71 bits per heavy atom. The number of anilines is 2. The van der Waals surface area contributed by atoms with E-state index < -0.39 is 0 Å². The zero-order chi connectivity index (χ0) is 13.9. The second-order valence-electron chi connectivity index (χ2n) is 6.20. The number of hydrogen-bond acceptors (Lipinski definition) is 2. The van der Waals surface area contributed by atoms with Gasteiger partial charge in [-0.3, -0.25) is 4.79 Å². The minimum Gasteiger partial charge on any atom is -0.398 e. The van der Waals surface area contributed by atoms with Gasteiger partial charge < -0.3 is 10.6 Å². The molecule has 0 spiro atoms. The highest BCUT2D eigenvalue weighted by atomic mass is 35.5. The van der Waals surface area contributed by atoms with E-state index in [1.165, 1.54) is 32.1 Å². The van der Waals surface area contributed by atoms with Gasteiger partial charge in [0, 0.05) is 24.3 Å². The smallest absolute Gasteiger partial charge is 0.227 e. The molecular weight excluding hydrogens is 284 g/mol. The van der Waals surface area contributed by atoms with Crippen LogP contribution in [-0.4, -0.2) is 12.5 Å². The average Bonchev–Trinajstić information content (AvgIpc) is 2.48. The maximum Gasteiger partial charge on any atom is 0.227 e. The number of fused-ring (bicyclic) bond motifs is 1. The summed E-state index contributed by atoms with van der Waals surface area (Å²) in [5.41, 5.74) is 9.10. The van der Waals surface area contributed by atoms with Crippen LogP contribution < -0.4 is 10.6 Å². The zero-order valence-corrected chi connectivity index (χ0v) is 13.3. The number of nitrogens with two attached hydrogens (primary N) is 1. The van der Waals surface area contributed by atoms with Crippen molar-refractivity contribution in [3.05, 3.63) is 23.8 Å². The molecule has 1 heterocycles. The van der Waals surface area contributed by atoms with E-state index in [0.717, 1.165) is 36.3 Å². The van der Waals surface area contributed by atoms with Crippen LogP contribution in [0.3, 0.4) is 0 Å². The van der Waals surface area contributed by atoms with Crippen molar-refractivity contribution in [3.63, 3.8) is 0 Å². The van der Waals surface area contributed by atoms with Crippen LogP contribution in [0.1, 0.15) is 50.5 Å². The van der Waals surface area contributed by atoms with Gasteiger partial charge in [-0.15, -0.1) is 12.4 Å². The van der Waals surface area contributed by atoms with Crippen molar-refractivity contribution in [3.8, 4) is 0 Å². The number of nitrogens with zero attached hydrogens (tertiary/aromatic N) is 1. The van der Waals surface area contributed by atoms with Gasteiger partial charge in [-0.2, -0.15) is 0 Å². The van der Waals surface area contributed by atoms with E-state index in [-0.39, 0.29) is 12.4 Å². The Bertz CT molecular complexity index is 498. The van der Waals surface area contributed by atoms with Gasteiger partial charge >= 0.3 is 0 Å². The molecule has 0 radical (unpaired) electrons.